The Morgan fingerprint density at radius 2 is 2.07 bits per heavy atom. The molecule has 0 aliphatic heterocycles. The summed E-state index contributed by atoms with van der Waals surface area (Å²) in [6, 6.07) is 8.08. The summed E-state index contributed by atoms with van der Waals surface area (Å²) >= 11 is 0. The molecule has 0 radical (unpaired) electrons. The highest BCUT2D eigenvalue weighted by molar-refractivity contribution is 5.94. The molecule has 0 heterocycles. The molecule has 1 amide bonds. The molecule has 0 fully saturated rings. The number of benzene rings is 1. The van der Waals surface area contributed by atoms with E-state index in [1.165, 1.54) is 5.56 Å². The molecule has 0 spiro atoms. The van der Waals surface area contributed by atoms with E-state index in [1.807, 2.05) is 45.2 Å². The second-order valence-electron chi connectivity index (χ2n) is 4.06. The first kappa shape index (κ1) is 11.8. The minimum atomic E-state index is 0.0975. The standard InChI is InChI=1S/C13H19NO/c1-5-11-7-6-8-12(9-11)13(15)14(4)10(2)3/h6-10H,5H2,1-4H3. The normalized spacial score (nSPS) is 10.5. The van der Waals surface area contributed by atoms with Gasteiger partial charge in [0.05, 0.1) is 0 Å². The molecule has 82 valence electrons. The SMILES string of the molecule is CCc1cccc(C(=O)N(C)C(C)C)c1. The van der Waals surface area contributed by atoms with Crippen LogP contribution in [0.15, 0.2) is 24.3 Å². The maximum absolute atomic E-state index is 12.0. The molecular weight excluding hydrogens is 186 g/mol. The summed E-state index contributed by atoms with van der Waals surface area (Å²) in [6.45, 7) is 6.12. The molecule has 2 heteroatoms. The Balaban J connectivity index is 2.91. The van der Waals surface area contributed by atoms with Gasteiger partial charge in [-0.15, -0.1) is 0 Å². The van der Waals surface area contributed by atoms with Gasteiger partial charge in [-0.3, -0.25) is 4.79 Å². The lowest BCUT2D eigenvalue weighted by Gasteiger charge is -2.21. The second-order valence-corrected chi connectivity index (χ2v) is 4.06. The first-order valence-corrected chi connectivity index (χ1v) is 5.42. The van der Waals surface area contributed by atoms with Crippen molar-refractivity contribution >= 4 is 5.91 Å². The summed E-state index contributed by atoms with van der Waals surface area (Å²) in [5.74, 6) is 0.0975. The molecular formula is C13H19NO. The molecule has 1 rings (SSSR count). The fourth-order valence-electron chi connectivity index (χ4n) is 1.36. The molecule has 0 aromatic heterocycles. The molecule has 15 heavy (non-hydrogen) atoms. The monoisotopic (exact) mass is 205 g/mol. The average Bonchev–Trinajstić information content (AvgIpc) is 2.27. The van der Waals surface area contributed by atoms with Gasteiger partial charge in [-0.25, -0.2) is 0 Å². The Bertz CT molecular complexity index is 344. The van der Waals surface area contributed by atoms with Crippen molar-refractivity contribution in [3.8, 4) is 0 Å². The zero-order chi connectivity index (χ0) is 11.4. The van der Waals surface area contributed by atoms with Crippen LogP contribution in [-0.4, -0.2) is 23.9 Å². The first-order valence-electron chi connectivity index (χ1n) is 5.42. The van der Waals surface area contributed by atoms with Crippen LogP contribution < -0.4 is 0 Å². The molecule has 2 nitrogen and oxygen atoms in total. The topological polar surface area (TPSA) is 20.3 Å². The van der Waals surface area contributed by atoms with Crippen molar-refractivity contribution in [2.45, 2.75) is 33.2 Å². The fraction of sp³-hybridized carbons (Fsp3) is 0.462. The highest BCUT2D eigenvalue weighted by atomic mass is 16.2. The van der Waals surface area contributed by atoms with E-state index in [9.17, 15) is 4.79 Å². The minimum absolute atomic E-state index is 0.0975. The fourth-order valence-corrected chi connectivity index (χ4v) is 1.36. The van der Waals surface area contributed by atoms with Crippen molar-refractivity contribution in [1.29, 1.82) is 0 Å². The van der Waals surface area contributed by atoms with Crippen LogP contribution in [0.3, 0.4) is 0 Å². The Hall–Kier alpha value is -1.31. The van der Waals surface area contributed by atoms with Crippen LogP contribution in [-0.2, 0) is 6.42 Å². The van der Waals surface area contributed by atoms with E-state index in [2.05, 4.69) is 6.92 Å². The third-order valence-corrected chi connectivity index (χ3v) is 2.68. The molecule has 0 atom stereocenters. The molecule has 1 aromatic rings. The van der Waals surface area contributed by atoms with Crippen molar-refractivity contribution < 1.29 is 4.79 Å². The van der Waals surface area contributed by atoms with E-state index >= 15 is 0 Å². The first-order chi connectivity index (χ1) is 7.06. The predicted octanol–water partition coefficient (Wildman–Crippen LogP) is 2.73. The summed E-state index contributed by atoms with van der Waals surface area (Å²) in [5, 5.41) is 0. The summed E-state index contributed by atoms with van der Waals surface area (Å²) in [5.41, 5.74) is 1.99. The Labute approximate surface area is 91.9 Å². The summed E-state index contributed by atoms with van der Waals surface area (Å²) < 4.78 is 0. The Kier molecular flexibility index (Phi) is 3.89. The van der Waals surface area contributed by atoms with E-state index in [0.29, 0.717) is 0 Å². The predicted molar refractivity (Wildman–Crippen MR) is 63.0 cm³/mol. The highest BCUT2D eigenvalue weighted by Gasteiger charge is 2.13. The lowest BCUT2D eigenvalue weighted by Crippen LogP contribution is -2.32. The molecule has 0 N–H and O–H groups in total. The minimum Gasteiger partial charge on any atom is -0.339 e. The van der Waals surface area contributed by atoms with Gasteiger partial charge < -0.3 is 4.90 Å². The van der Waals surface area contributed by atoms with Crippen molar-refractivity contribution in [3.05, 3.63) is 35.4 Å². The zero-order valence-electron chi connectivity index (χ0n) is 9.95. The lowest BCUT2D eigenvalue weighted by molar-refractivity contribution is 0.0755. The number of nitrogens with zero attached hydrogens (tertiary/aromatic N) is 1. The van der Waals surface area contributed by atoms with E-state index in [0.717, 1.165) is 12.0 Å². The van der Waals surface area contributed by atoms with Gasteiger partial charge in [0.15, 0.2) is 0 Å². The number of aryl methyl sites for hydroxylation is 1. The molecule has 0 unspecified atom stereocenters. The van der Waals surface area contributed by atoms with Crippen LogP contribution in [0.25, 0.3) is 0 Å². The van der Waals surface area contributed by atoms with Crippen LogP contribution in [0, 0.1) is 0 Å². The van der Waals surface area contributed by atoms with E-state index < -0.39 is 0 Å². The van der Waals surface area contributed by atoms with Gasteiger partial charge in [0, 0.05) is 18.7 Å². The molecule has 0 saturated carbocycles. The Morgan fingerprint density at radius 1 is 1.40 bits per heavy atom. The van der Waals surface area contributed by atoms with Crippen LogP contribution in [0.2, 0.25) is 0 Å². The quantitative estimate of drug-likeness (QED) is 0.743. The van der Waals surface area contributed by atoms with Crippen LogP contribution in [0.1, 0.15) is 36.7 Å². The summed E-state index contributed by atoms with van der Waals surface area (Å²) in [6.07, 6.45) is 0.965. The number of hydrogen-bond acceptors (Lipinski definition) is 1. The smallest absolute Gasteiger partial charge is 0.253 e. The van der Waals surface area contributed by atoms with Gasteiger partial charge in [0.2, 0.25) is 0 Å². The summed E-state index contributed by atoms with van der Waals surface area (Å²) in [4.78, 5) is 13.7. The molecule has 0 aliphatic rings. The maximum Gasteiger partial charge on any atom is 0.253 e. The van der Waals surface area contributed by atoms with Gasteiger partial charge in [-0.1, -0.05) is 19.1 Å². The third-order valence-electron chi connectivity index (χ3n) is 2.68. The lowest BCUT2D eigenvalue weighted by atomic mass is 10.1. The van der Waals surface area contributed by atoms with E-state index in [4.69, 9.17) is 0 Å². The second kappa shape index (κ2) is 4.96. The number of hydrogen-bond donors (Lipinski definition) is 0. The average molecular weight is 205 g/mol. The Morgan fingerprint density at radius 3 is 2.60 bits per heavy atom. The number of carbonyl (C=O) groups excluding carboxylic acids is 1. The van der Waals surface area contributed by atoms with Gasteiger partial charge in [0.25, 0.3) is 5.91 Å². The van der Waals surface area contributed by atoms with Crippen molar-refractivity contribution in [1.82, 2.24) is 4.90 Å². The van der Waals surface area contributed by atoms with Gasteiger partial charge in [0.1, 0.15) is 0 Å². The summed E-state index contributed by atoms with van der Waals surface area (Å²) in [7, 11) is 1.84. The van der Waals surface area contributed by atoms with Gasteiger partial charge >= 0.3 is 0 Å². The number of rotatable bonds is 3. The third kappa shape index (κ3) is 2.82. The van der Waals surface area contributed by atoms with E-state index in [-0.39, 0.29) is 11.9 Å². The molecule has 0 bridgehead atoms. The zero-order valence-corrected chi connectivity index (χ0v) is 9.95. The van der Waals surface area contributed by atoms with E-state index in [1.54, 1.807) is 4.90 Å². The highest BCUT2D eigenvalue weighted by Crippen LogP contribution is 2.09. The maximum atomic E-state index is 12.0. The van der Waals surface area contributed by atoms with Crippen molar-refractivity contribution in [2.24, 2.45) is 0 Å². The van der Waals surface area contributed by atoms with Crippen LogP contribution in [0.4, 0.5) is 0 Å². The number of amides is 1. The van der Waals surface area contributed by atoms with Crippen LogP contribution >= 0.6 is 0 Å². The van der Waals surface area contributed by atoms with Gasteiger partial charge in [-0.2, -0.15) is 0 Å². The van der Waals surface area contributed by atoms with Crippen molar-refractivity contribution in [2.75, 3.05) is 7.05 Å². The largest absolute Gasteiger partial charge is 0.339 e. The van der Waals surface area contributed by atoms with Gasteiger partial charge in [-0.05, 0) is 38.0 Å². The van der Waals surface area contributed by atoms with Crippen molar-refractivity contribution in [3.63, 3.8) is 0 Å². The molecule has 1 aromatic carbocycles. The van der Waals surface area contributed by atoms with Crippen LogP contribution in [0.5, 0.6) is 0 Å². The number of carbonyl (C=O) groups is 1. The molecule has 0 saturated heterocycles. The molecule has 0 aliphatic carbocycles.